The minimum Gasteiger partial charge on any atom is -0.490 e. The monoisotopic (exact) mass is 412 g/mol. The Balaban J connectivity index is 2.02. The van der Waals surface area contributed by atoms with E-state index in [-0.39, 0.29) is 5.11 Å². The fourth-order valence-corrected chi connectivity index (χ4v) is 2.75. The second-order valence-electron chi connectivity index (χ2n) is 5.05. The van der Waals surface area contributed by atoms with Gasteiger partial charge in [-0.15, -0.1) is 0 Å². The molecule has 8 heteroatoms. The summed E-state index contributed by atoms with van der Waals surface area (Å²) in [7, 11) is 0. The number of carbonyl (C=O) groups is 1. The summed E-state index contributed by atoms with van der Waals surface area (Å²) in [5.74, 6) is 0.0426. The summed E-state index contributed by atoms with van der Waals surface area (Å²) < 4.78 is 10.8. The molecule has 5 nitrogen and oxygen atoms in total. The zero-order chi connectivity index (χ0) is 18.9. The molecule has 2 aromatic rings. The minimum absolute atomic E-state index is 0.0779. The van der Waals surface area contributed by atoms with Gasteiger partial charge in [0, 0.05) is 6.61 Å². The Hall–Kier alpha value is -1.86. The maximum absolute atomic E-state index is 12.5. The van der Waals surface area contributed by atoms with Crippen molar-refractivity contribution in [2.24, 2.45) is 0 Å². The van der Waals surface area contributed by atoms with Gasteiger partial charge in [0.2, 0.25) is 0 Å². The molecule has 2 N–H and O–H groups in total. The van der Waals surface area contributed by atoms with Crippen LogP contribution in [0.15, 0.2) is 42.5 Å². The molecule has 0 fully saturated rings. The summed E-state index contributed by atoms with van der Waals surface area (Å²) >= 11 is 17.3. The van der Waals surface area contributed by atoms with Crippen LogP contribution in [0.25, 0.3) is 0 Å². The topological polar surface area (TPSA) is 59.6 Å². The number of hydrogen-bond acceptors (Lipinski definition) is 4. The molecule has 0 heterocycles. The molecular weight excluding hydrogens is 395 g/mol. The zero-order valence-corrected chi connectivity index (χ0v) is 16.4. The smallest absolute Gasteiger partial charge is 0.261 e. The lowest BCUT2D eigenvalue weighted by molar-refractivity contribution is 0.0958. The van der Waals surface area contributed by atoms with Crippen LogP contribution in [0.1, 0.15) is 17.3 Å². The third-order valence-electron chi connectivity index (χ3n) is 3.25. The minimum atomic E-state index is -0.405. The van der Waals surface area contributed by atoms with E-state index in [4.69, 9.17) is 44.9 Å². The fourth-order valence-electron chi connectivity index (χ4n) is 2.07. The van der Waals surface area contributed by atoms with Crippen LogP contribution in [0.3, 0.4) is 0 Å². The Bertz CT molecular complexity index is 767. The molecular formula is C18H18Cl2N2O3S. The quantitative estimate of drug-likeness (QED) is 0.516. The summed E-state index contributed by atoms with van der Waals surface area (Å²) in [4.78, 5) is 12.5. The molecule has 0 unspecified atom stereocenters. The lowest BCUT2D eigenvalue weighted by Crippen LogP contribution is -2.34. The molecule has 138 valence electrons. The van der Waals surface area contributed by atoms with Crippen molar-refractivity contribution >= 4 is 52.1 Å². The average molecular weight is 413 g/mol. The summed E-state index contributed by atoms with van der Waals surface area (Å²) in [6.45, 7) is 3.30. The summed E-state index contributed by atoms with van der Waals surface area (Å²) in [6.07, 6.45) is 0. The molecule has 2 aromatic carbocycles. The third kappa shape index (κ3) is 5.85. The summed E-state index contributed by atoms with van der Waals surface area (Å²) in [6, 6.07) is 11.9. The Labute approximate surface area is 167 Å². The van der Waals surface area contributed by atoms with Gasteiger partial charge < -0.3 is 14.8 Å². The number of carbonyl (C=O) groups excluding carboxylic acids is 1. The van der Waals surface area contributed by atoms with Crippen LogP contribution >= 0.6 is 35.4 Å². The van der Waals surface area contributed by atoms with Crippen LogP contribution < -0.4 is 15.4 Å². The second kappa shape index (κ2) is 10.3. The van der Waals surface area contributed by atoms with Crippen molar-refractivity contribution in [2.45, 2.75) is 6.92 Å². The third-order valence-corrected chi connectivity index (χ3v) is 4.08. The predicted molar refractivity (Wildman–Crippen MR) is 109 cm³/mol. The van der Waals surface area contributed by atoms with Gasteiger partial charge in [0.05, 0.1) is 27.9 Å². The highest BCUT2D eigenvalue weighted by atomic mass is 35.5. The van der Waals surface area contributed by atoms with Gasteiger partial charge in [0.1, 0.15) is 12.4 Å². The number of thiocarbonyl (C=S) groups is 1. The van der Waals surface area contributed by atoms with Crippen molar-refractivity contribution in [3.05, 3.63) is 58.1 Å². The molecule has 1 amide bonds. The zero-order valence-electron chi connectivity index (χ0n) is 14.1. The maximum atomic E-state index is 12.5. The van der Waals surface area contributed by atoms with Gasteiger partial charge in [0.25, 0.3) is 5.91 Å². The maximum Gasteiger partial charge on any atom is 0.261 e. The lowest BCUT2D eigenvalue weighted by atomic mass is 10.2. The molecule has 26 heavy (non-hydrogen) atoms. The molecule has 0 saturated carbocycles. The number of anilines is 1. The summed E-state index contributed by atoms with van der Waals surface area (Å²) in [5.41, 5.74) is 0.792. The summed E-state index contributed by atoms with van der Waals surface area (Å²) in [5, 5.41) is 6.30. The molecule has 0 aromatic heterocycles. The van der Waals surface area contributed by atoms with Crippen LogP contribution in [0.2, 0.25) is 10.0 Å². The number of para-hydroxylation sites is 2. The van der Waals surface area contributed by atoms with E-state index >= 15 is 0 Å². The molecule has 0 aliphatic heterocycles. The molecule has 0 atom stereocenters. The normalized spacial score (nSPS) is 10.3. The first-order valence-electron chi connectivity index (χ1n) is 7.88. The SMILES string of the molecule is CCOCCOc1ccccc1C(=O)NC(=S)Nc1c(Cl)cccc1Cl. The van der Waals surface area contributed by atoms with Crippen molar-refractivity contribution in [3.8, 4) is 5.75 Å². The second-order valence-corrected chi connectivity index (χ2v) is 6.27. The van der Waals surface area contributed by atoms with Crippen LogP contribution in [-0.4, -0.2) is 30.8 Å². The van der Waals surface area contributed by atoms with Crippen molar-refractivity contribution < 1.29 is 14.3 Å². The number of benzene rings is 2. The first kappa shape index (κ1) is 20.5. The number of halogens is 2. The Morgan fingerprint density at radius 3 is 2.46 bits per heavy atom. The number of nitrogens with one attached hydrogen (secondary N) is 2. The molecule has 2 rings (SSSR count). The molecule has 0 spiro atoms. The van der Waals surface area contributed by atoms with E-state index in [1.165, 1.54) is 0 Å². The first-order chi connectivity index (χ1) is 12.5. The van der Waals surface area contributed by atoms with E-state index in [1.54, 1.807) is 42.5 Å². The van der Waals surface area contributed by atoms with Crippen LogP contribution in [0.5, 0.6) is 5.75 Å². The van der Waals surface area contributed by atoms with Crippen LogP contribution in [0, 0.1) is 0 Å². The van der Waals surface area contributed by atoms with Gasteiger partial charge >= 0.3 is 0 Å². The van der Waals surface area contributed by atoms with Gasteiger partial charge in [-0.25, -0.2) is 0 Å². The number of hydrogen-bond donors (Lipinski definition) is 2. The van der Waals surface area contributed by atoms with Crippen molar-refractivity contribution in [3.63, 3.8) is 0 Å². The van der Waals surface area contributed by atoms with Gasteiger partial charge in [-0.1, -0.05) is 41.4 Å². The van der Waals surface area contributed by atoms with E-state index in [9.17, 15) is 4.79 Å². The van der Waals surface area contributed by atoms with Crippen molar-refractivity contribution in [1.82, 2.24) is 5.32 Å². The van der Waals surface area contributed by atoms with E-state index in [0.717, 1.165) is 0 Å². The number of amides is 1. The standard InChI is InChI=1S/C18H18Cl2N2O3S/c1-2-24-10-11-25-15-9-4-3-6-12(15)17(23)22-18(26)21-16-13(19)7-5-8-14(16)20/h3-9H,2,10-11H2,1H3,(H2,21,22,23,26). The molecule has 0 aliphatic carbocycles. The molecule has 0 radical (unpaired) electrons. The van der Waals surface area contributed by atoms with E-state index < -0.39 is 5.91 Å². The van der Waals surface area contributed by atoms with Gasteiger partial charge in [-0.2, -0.15) is 0 Å². The predicted octanol–water partition coefficient (Wildman–Crippen LogP) is 4.54. The molecule has 0 bridgehead atoms. The Morgan fingerprint density at radius 1 is 1.08 bits per heavy atom. The van der Waals surface area contributed by atoms with Gasteiger partial charge in [-0.05, 0) is 43.4 Å². The first-order valence-corrected chi connectivity index (χ1v) is 9.05. The van der Waals surface area contributed by atoms with E-state index in [0.29, 0.717) is 46.9 Å². The lowest BCUT2D eigenvalue weighted by Gasteiger charge is -2.14. The number of ether oxygens (including phenoxy) is 2. The van der Waals surface area contributed by atoms with Crippen LogP contribution in [0.4, 0.5) is 5.69 Å². The van der Waals surface area contributed by atoms with Crippen LogP contribution in [-0.2, 0) is 4.74 Å². The Morgan fingerprint density at radius 2 is 1.77 bits per heavy atom. The van der Waals surface area contributed by atoms with Crippen molar-refractivity contribution in [2.75, 3.05) is 25.1 Å². The highest BCUT2D eigenvalue weighted by molar-refractivity contribution is 7.80. The average Bonchev–Trinajstić information content (AvgIpc) is 2.62. The molecule has 0 aliphatic rings. The van der Waals surface area contributed by atoms with Gasteiger partial charge in [-0.3, -0.25) is 10.1 Å². The van der Waals surface area contributed by atoms with Gasteiger partial charge in [0.15, 0.2) is 5.11 Å². The highest BCUT2D eigenvalue weighted by Gasteiger charge is 2.15. The Kier molecular flexibility index (Phi) is 8.12. The molecule has 0 saturated heterocycles. The largest absolute Gasteiger partial charge is 0.490 e. The fraction of sp³-hybridized carbons (Fsp3) is 0.222. The van der Waals surface area contributed by atoms with E-state index in [2.05, 4.69) is 10.6 Å². The van der Waals surface area contributed by atoms with Crippen molar-refractivity contribution in [1.29, 1.82) is 0 Å². The number of rotatable bonds is 7. The highest BCUT2D eigenvalue weighted by Crippen LogP contribution is 2.29. The van der Waals surface area contributed by atoms with E-state index in [1.807, 2.05) is 6.92 Å².